The van der Waals surface area contributed by atoms with Crippen LogP contribution >= 0.6 is 0 Å². The van der Waals surface area contributed by atoms with Gasteiger partial charge in [0.15, 0.2) is 0 Å². The van der Waals surface area contributed by atoms with Crippen molar-refractivity contribution < 1.29 is 4.74 Å². The van der Waals surface area contributed by atoms with Gasteiger partial charge in [-0.1, -0.05) is 0 Å². The van der Waals surface area contributed by atoms with Crippen LogP contribution < -0.4 is 5.73 Å². The van der Waals surface area contributed by atoms with Crippen LogP contribution in [0.1, 0.15) is 18.1 Å². The summed E-state index contributed by atoms with van der Waals surface area (Å²) in [6.45, 7) is 7.71. The number of nitrogens with zero attached hydrogens (tertiary/aromatic N) is 2. The van der Waals surface area contributed by atoms with E-state index >= 15 is 0 Å². The molecule has 0 saturated carbocycles. The number of nitrogens with two attached hydrogens (primary N) is 1. The van der Waals surface area contributed by atoms with Gasteiger partial charge in [0.1, 0.15) is 0 Å². The molecule has 2 atom stereocenters. The smallest absolute Gasteiger partial charge is 0.0850 e. The maximum Gasteiger partial charge on any atom is 0.0850 e. The van der Waals surface area contributed by atoms with Crippen molar-refractivity contribution in [2.45, 2.75) is 32.5 Å². The zero-order chi connectivity index (χ0) is 12.3. The van der Waals surface area contributed by atoms with E-state index < -0.39 is 0 Å². The van der Waals surface area contributed by atoms with Gasteiger partial charge in [-0.05, 0) is 31.0 Å². The van der Waals surface area contributed by atoms with Crippen molar-refractivity contribution in [2.24, 2.45) is 5.73 Å². The fraction of sp³-hybridized carbons (Fsp3) is 0.615. The predicted octanol–water partition coefficient (Wildman–Crippen LogP) is 0.938. The molecule has 0 amide bonds. The van der Waals surface area contributed by atoms with E-state index in [9.17, 15) is 0 Å². The SMILES string of the molecule is Cc1ccncc1CN1CCOC(C(C)N)C1. The minimum atomic E-state index is 0.0906. The number of aryl methyl sites for hydroxylation is 1. The molecule has 17 heavy (non-hydrogen) atoms. The van der Waals surface area contributed by atoms with Gasteiger partial charge in [-0.3, -0.25) is 9.88 Å². The summed E-state index contributed by atoms with van der Waals surface area (Å²) in [4.78, 5) is 6.57. The van der Waals surface area contributed by atoms with E-state index in [0.717, 1.165) is 26.2 Å². The van der Waals surface area contributed by atoms with Gasteiger partial charge in [0.25, 0.3) is 0 Å². The van der Waals surface area contributed by atoms with Crippen molar-refractivity contribution in [3.63, 3.8) is 0 Å². The lowest BCUT2D eigenvalue weighted by molar-refractivity contribution is -0.0404. The summed E-state index contributed by atoms with van der Waals surface area (Å²) in [6.07, 6.45) is 3.94. The second-order valence-corrected chi connectivity index (χ2v) is 4.81. The highest BCUT2D eigenvalue weighted by Gasteiger charge is 2.23. The third-order valence-electron chi connectivity index (χ3n) is 3.31. The third kappa shape index (κ3) is 3.25. The summed E-state index contributed by atoms with van der Waals surface area (Å²) in [6, 6.07) is 2.14. The Hall–Kier alpha value is -0.970. The lowest BCUT2D eigenvalue weighted by atomic mass is 10.1. The Labute approximate surface area is 103 Å². The maximum atomic E-state index is 5.89. The number of hydrogen-bond acceptors (Lipinski definition) is 4. The lowest BCUT2D eigenvalue weighted by Gasteiger charge is -2.34. The van der Waals surface area contributed by atoms with Crippen molar-refractivity contribution in [3.8, 4) is 0 Å². The van der Waals surface area contributed by atoms with Crippen LogP contribution in [0.25, 0.3) is 0 Å². The zero-order valence-corrected chi connectivity index (χ0v) is 10.6. The first-order valence-corrected chi connectivity index (χ1v) is 6.16. The Morgan fingerprint density at radius 2 is 2.47 bits per heavy atom. The monoisotopic (exact) mass is 235 g/mol. The number of hydrogen-bond donors (Lipinski definition) is 1. The number of rotatable bonds is 3. The van der Waals surface area contributed by atoms with Gasteiger partial charge >= 0.3 is 0 Å². The van der Waals surface area contributed by atoms with E-state index in [1.165, 1.54) is 11.1 Å². The molecular formula is C13H21N3O. The second kappa shape index (κ2) is 5.58. The number of pyridine rings is 1. The van der Waals surface area contributed by atoms with Crippen molar-refractivity contribution in [1.82, 2.24) is 9.88 Å². The highest BCUT2D eigenvalue weighted by Crippen LogP contribution is 2.13. The summed E-state index contributed by atoms with van der Waals surface area (Å²) in [5.41, 5.74) is 8.47. The zero-order valence-electron chi connectivity index (χ0n) is 10.6. The number of aromatic nitrogens is 1. The van der Waals surface area contributed by atoms with Crippen molar-refractivity contribution in [2.75, 3.05) is 19.7 Å². The second-order valence-electron chi connectivity index (χ2n) is 4.81. The Balaban J connectivity index is 1.97. The lowest BCUT2D eigenvalue weighted by Crippen LogP contribution is -2.49. The topological polar surface area (TPSA) is 51.4 Å². The maximum absolute atomic E-state index is 5.89. The molecule has 1 saturated heterocycles. The van der Waals surface area contributed by atoms with Crippen LogP contribution in [0.5, 0.6) is 0 Å². The summed E-state index contributed by atoms with van der Waals surface area (Å²) >= 11 is 0. The van der Waals surface area contributed by atoms with Gasteiger partial charge in [-0.15, -0.1) is 0 Å². The van der Waals surface area contributed by atoms with Crippen molar-refractivity contribution in [1.29, 1.82) is 0 Å². The molecule has 94 valence electrons. The van der Waals surface area contributed by atoms with E-state index in [0.29, 0.717) is 0 Å². The molecule has 0 aliphatic carbocycles. The standard InChI is InChI=1S/C13H21N3O/c1-10-3-4-15-7-12(10)8-16-5-6-17-13(9-16)11(2)14/h3-4,7,11,13H,5-6,8-9,14H2,1-2H3. The molecule has 4 heteroatoms. The van der Waals surface area contributed by atoms with Crippen LogP contribution in [0.15, 0.2) is 18.5 Å². The highest BCUT2D eigenvalue weighted by molar-refractivity contribution is 5.21. The third-order valence-corrected chi connectivity index (χ3v) is 3.31. The van der Waals surface area contributed by atoms with Crippen molar-refractivity contribution >= 4 is 0 Å². The van der Waals surface area contributed by atoms with Gasteiger partial charge in [0.05, 0.1) is 12.7 Å². The molecule has 1 aliphatic rings. The molecule has 0 spiro atoms. The van der Waals surface area contributed by atoms with Gasteiger partial charge in [-0.2, -0.15) is 0 Å². The molecule has 0 bridgehead atoms. The van der Waals surface area contributed by atoms with Gasteiger partial charge < -0.3 is 10.5 Å². The average molecular weight is 235 g/mol. The van der Waals surface area contributed by atoms with Crippen LogP contribution in [-0.4, -0.2) is 41.7 Å². The summed E-state index contributed by atoms with van der Waals surface area (Å²) < 4.78 is 5.66. The highest BCUT2D eigenvalue weighted by atomic mass is 16.5. The average Bonchev–Trinajstić information content (AvgIpc) is 2.32. The molecule has 2 heterocycles. The molecule has 1 aromatic rings. The minimum absolute atomic E-state index is 0.0906. The summed E-state index contributed by atoms with van der Waals surface area (Å²) in [5.74, 6) is 0. The quantitative estimate of drug-likeness (QED) is 0.847. The number of ether oxygens (including phenoxy) is 1. The van der Waals surface area contributed by atoms with Gasteiger partial charge in [0, 0.05) is 38.1 Å². The number of morpholine rings is 1. The summed E-state index contributed by atoms with van der Waals surface area (Å²) in [5, 5.41) is 0. The molecule has 2 unspecified atom stereocenters. The minimum Gasteiger partial charge on any atom is -0.374 e. The Kier molecular flexibility index (Phi) is 4.10. The van der Waals surface area contributed by atoms with Gasteiger partial charge in [-0.25, -0.2) is 0 Å². The van der Waals surface area contributed by atoms with E-state index in [-0.39, 0.29) is 12.1 Å². The summed E-state index contributed by atoms with van der Waals surface area (Å²) in [7, 11) is 0. The fourth-order valence-corrected chi connectivity index (χ4v) is 2.10. The fourth-order valence-electron chi connectivity index (χ4n) is 2.10. The molecule has 2 rings (SSSR count). The molecule has 4 nitrogen and oxygen atoms in total. The molecule has 2 N–H and O–H groups in total. The molecule has 1 fully saturated rings. The molecule has 1 aliphatic heterocycles. The molecule has 1 aromatic heterocycles. The van der Waals surface area contributed by atoms with Crippen LogP contribution in [0.3, 0.4) is 0 Å². The Morgan fingerprint density at radius 1 is 1.65 bits per heavy atom. The van der Waals surface area contributed by atoms with E-state index in [1.807, 2.05) is 19.3 Å². The molecular weight excluding hydrogens is 214 g/mol. The first-order chi connectivity index (χ1) is 8.16. The van der Waals surface area contributed by atoms with Crippen LogP contribution in [0.2, 0.25) is 0 Å². The Bertz CT molecular complexity index is 367. The predicted molar refractivity (Wildman–Crippen MR) is 67.6 cm³/mol. The van der Waals surface area contributed by atoms with E-state index in [2.05, 4.69) is 22.9 Å². The van der Waals surface area contributed by atoms with E-state index in [4.69, 9.17) is 10.5 Å². The first-order valence-electron chi connectivity index (χ1n) is 6.16. The van der Waals surface area contributed by atoms with Crippen LogP contribution in [-0.2, 0) is 11.3 Å². The largest absolute Gasteiger partial charge is 0.374 e. The molecule has 0 radical (unpaired) electrons. The van der Waals surface area contributed by atoms with Crippen LogP contribution in [0, 0.1) is 6.92 Å². The molecule has 0 aromatic carbocycles. The normalized spacial score (nSPS) is 23.6. The first kappa shape index (κ1) is 12.5. The van der Waals surface area contributed by atoms with Gasteiger partial charge in [0.2, 0.25) is 0 Å². The Morgan fingerprint density at radius 3 is 3.18 bits per heavy atom. The van der Waals surface area contributed by atoms with Crippen LogP contribution in [0.4, 0.5) is 0 Å². The van der Waals surface area contributed by atoms with E-state index in [1.54, 1.807) is 0 Å². The van der Waals surface area contributed by atoms with Crippen molar-refractivity contribution in [3.05, 3.63) is 29.6 Å².